The first-order chi connectivity index (χ1) is 13.1. The largest absolute Gasteiger partial charge is 0.351 e. The molecule has 3 rings (SSSR count). The highest BCUT2D eigenvalue weighted by Gasteiger charge is 2.17. The first-order valence-electron chi connectivity index (χ1n) is 9.77. The molecule has 1 aromatic heterocycles. The van der Waals surface area contributed by atoms with Crippen LogP contribution in [0.1, 0.15) is 30.8 Å². The molecule has 2 N–H and O–H groups in total. The molecule has 0 atom stereocenters. The highest BCUT2D eigenvalue weighted by molar-refractivity contribution is 6.04. The molecule has 0 spiro atoms. The van der Waals surface area contributed by atoms with Gasteiger partial charge in [0.2, 0.25) is 0 Å². The normalized spacial score (nSPS) is 14.8. The van der Waals surface area contributed by atoms with E-state index in [1.54, 1.807) is 12.1 Å². The number of fused-ring (bicyclic) bond motifs is 1. The maximum absolute atomic E-state index is 12.7. The van der Waals surface area contributed by atoms with Crippen LogP contribution in [0.4, 0.5) is 0 Å². The van der Waals surface area contributed by atoms with Crippen LogP contribution in [0.15, 0.2) is 29.1 Å². The lowest BCUT2D eigenvalue weighted by Crippen LogP contribution is -2.44. The molecular weight excluding hydrogens is 378 g/mol. The number of carbonyl (C=O) groups is 1. The van der Waals surface area contributed by atoms with Crippen molar-refractivity contribution in [2.75, 3.05) is 39.3 Å². The van der Waals surface area contributed by atoms with E-state index in [1.165, 1.54) is 4.68 Å². The van der Waals surface area contributed by atoms with Crippen molar-refractivity contribution < 1.29 is 4.79 Å². The average Bonchev–Trinajstić information content (AvgIpc) is 2.68. The van der Waals surface area contributed by atoms with E-state index in [2.05, 4.69) is 20.6 Å². The molecule has 7 nitrogen and oxygen atoms in total. The minimum Gasteiger partial charge on any atom is -0.351 e. The van der Waals surface area contributed by atoms with E-state index in [9.17, 15) is 9.59 Å². The van der Waals surface area contributed by atoms with Crippen LogP contribution in [-0.4, -0.2) is 59.9 Å². The molecule has 0 aliphatic carbocycles. The molecule has 1 fully saturated rings. The van der Waals surface area contributed by atoms with E-state index in [0.717, 1.165) is 39.1 Å². The quantitative estimate of drug-likeness (QED) is 0.680. The second kappa shape index (κ2) is 10.5. The Bertz CT molecular complexity index is 846. The molecular formula is C20H30ClN5O2. The SMILES string of the molecule is CC(C)Cn1nc(C(=O)NCCCN2CCNCC2)c2ccccc2c1=O.Cl. The summed E-state index contributed by atoms with van der Waals surface area (Å²) in [4.78, 5) is 27.8. The second-order valence-electron chi connectivity index (χ2n) is 7.48. The zero-order valence-electron chi connectivity index (χ0n) is 16.6. The van der Waals surface area contributed by atoms with E-state index in [4.69, 9.17) is 0 Å². The summed E-state index contributed by atoms with van der Waals surface area (Å²) < 4.78 is 1.42. The Morgan fingerprint density at radius 1 is 1.21 bits per heavy atom. The number of halogens is 1. The number of hydrogen-bond acceptors (Lipinski definition) is 5. The number of benzene rings is 1. The van der Waals surface area contributed by atoms with Crippen LogP contribution in [0.3, 0.4) is 0 Å². The zero-order chi connectivity index (χ0) is 19.2. The fourth-order valence-corrected chi connectivity index (χ4v) is 3.40. The number of nitrogens with zero attached hydrogens (tertiary/aromatic N) is 3. The summed E-state index contributed by atoms with van der Waals surface area (Å²) in [7, 11) is 0. The van der Waals surface area contributed by atoms with Crippen molar-refractivity contribution in [2.24, 2.45) is 5.92 Å². The molecule has 1 aliphatic heterocycles. The van der Waals surface area contributed by atoms with Crippen LogP contribution in [-0.2, 0) is 6.54 Å². The lowest BCUT2D eigenvalue weighted by molar-refractivity contribution is 0.0945. The van der Waals surface area contributed by atoms with Crippen molar-refractivity contribution >= 4 is 29.1 Å². The maximum atomic E-state index is 12.7. The number of nitrogens with one attached hydrogen (secondary N) is 2. The molecule has 0 unspecified atom stereocenters. The summed E-state index contributed by atoms with van der Waals surface area (Å²) in [6.07, 6.45) is 0.898. The Hall–Kier alpha value is -1.96. The molecule has 0 radical (unpaired) electrons. The van der Waals surface area contributed by atoms with Gasteiger partial charge in [0.1, 0.15) is 0 Å². The van der Waals surface area contributed by atoms with Gasteiger partial charge in [0.15, 0.2) is 5.69 Å². The van der Waals surface area contributed by atoms with Crippen molar-refractivity contribution in [3.63, 3.8) is 0 Å². The monoisotopic (exact) mass is 407 g/mol. The van der Waals surface area contributed by atoms with E-state index < -0.39 is 0 Å². The van der Waals surface area contributed by atoms with Crippen LogP contribution in [0.5, 0.6) is 0 Å². The molecule has 1 aliphatic rings. The predicted octanol–water partition coefficient (Wildman–Crippen LogP) is 1.50. The van der Waals surface area contributed by atoms with E-state index in [-0.39, 0.29) is 29.8 Å². The number of carbonyl (C=O) groups excluding carboxylic acids is 1. The van der Waals surface area contributed by atoms with Gasteiger partial charge in [0.25, 0.3) is 11.5 Å². The summed E-state index contributed by atoms with van der Waals surface area (Å²) in [5.74, 6) is 0.0512. The van der Waals surface area contributed by atoms with Crippen molar-refractivity contribution in [1.29, 1.82) is 0 Å². The van der Waals surface area contributed by atoms with E-state index >= 15 is 0 Å². The standard InChI is InChI=1S/C20H29N5O2.ClH/c1-15(2)14-25-20(27)17-7-4-3-6-16(17)18(23-25)19(26)22-8-5-11-24-12-9-21-10-13-24;/h3-4,6-7,15,21H,5,8-14H2,1-2H3,(H,22,26);1H. The number of rotatable bonds is 7. The average molecular weight is 408 g/mol. The van der Waals surface area contributed by atoms with Gasteiger partial charge >= 0.3 is 0 Å². The van der Waals surface area contributed by atoms with Gasteiger partial charge in [-0.15, -0.1) is 12.4 Å². The Labute approximate surface area is 171 Å². The number of hydrogen-bond donors (Lipinski definition) is 2. The third kappa shape index (κ3) is 5.53. The highest BCUT2D eigenvalue weighted by Crippen LogP contribution is 2.13. The number of amides is 1. The minimum absolute atomic E-state index is 0. The third-order valence-corrected chi connectivity index (χ3v) is 4.77. The summed E-state index contributed by atoms with van der Waals surface area (Å²) in [5.41, 5.74) is 0.183. The molecule has 1 saturated heterocycles. The number of aromatic nitrogens is 2. The van der Waals surface area contributed by atoms with Crippen molar-refractivity contribution in [1.82, 2.24) is 25.3 Å². The van der Waals surface area contributed by atoms with Crippen molar-refractivity contribution in [3.8, 4) is 0 Å². The predicted molar refractivity (Wildman–Crippen MR) is 114 cm³/mol. The first kappa shape index (κ1) is 22.3. The smallest absolute Gasteiger partial charge is 0.274 e. The Morgan fingerprint density at radius 2 is 1.89 bits per heavy atom. The molecule has 0 bridgehead atoms. The van der Waals surface area contributed by atoms with E-state index in [1.807, 2.05) is 26.0 Å². The van der Waals surface area contributed by atoms with Crippen LogP contribution in [0, 0.1) is 5.92 Å². The lowest BCUT2D eigenvalue weighted by atomic mass is 10.1. The lowest BCUT2D eigenvalue weighted by Gasteiger charge is -2.27. The maximum Gasteiger partial charge on any atom is 0.274 e. The fourth-order valence-electron chi connectivity index (χ4n) is 3.40. The summed E-state index contributed by atoms with van der Waals surface area (Å²) in [6, 6.07) is 7.20. The zero-order valence-corrected chi connectivity index (χ0v) is 17.4. The highest BCUT2D eigenvalue weighted by atomic mass is 35.5. The van der Waals surface area contributed by atoms with Gasteiger partial charge in [0.05, 0.1) is 5.39 Å². The Morgan fingerprint density at radius 3 is 2.57 bits per heavy atom. The molecule has 28 heavy (non-hydrogen) atoms. The van der Waals surface area contributed by atoms with Gasteiger partial charge in [0, 0.05) is 44.7 Å². The summed E-state index contributed by atoms with van der Waals surface area (Å²) >= 11 is 0. The van der Waals surface area contributed by atoms with Crippen molar-refractivity contribution in [3.05, 3.63) is 40.3 Å². The van der Waals surface area contributed by atoms with Crippen LogP contribution in [0.25, 0.3) is 10.8 Å². The van der Waals surface area contributed by atoms with Gasteiger partial charge in [-0.2, -0.15) is 5.10 Å². The fraction of sp³-hybridized carbons (Fsp3) is 0.550. The minimum atomic E-state index is -0.219. The van der Waals surface area contributed by atoms with Gasteiger partial charge in [-0.25, -0.2) is 4.68 Å². The van der Waals surface area contributed by atoms with E-state index in [0.29, 0.717) is 29.6 Å². The van der Waals surface area contributed by atoms with Gasteiger partial charge < -0.3 is 15.5 Å². The third-order valence-electron chi connectivity index (χ3n) is 4.77. The molecule has 1 aromatic carbocycles. The molecule has 2 aromatic rings. The number of piperazine rings is 1. The Kier molecular flexibility index (Phi) is 8.41. The second-order valence-corrected chi connectivity index (χ2v) is 7.48. The van der Waals surface area contributed by atoms with Crippen LogP contribution >= 0.6 is 12.4 Å². The van der Waals surface area contributed by atoms with Gasteiger partial charge in [-0.1, -0.05) is 32.0 Å². The van der Waals surface area contributed by atoms with Crippen LogP contribution < -0.4 is 16.2 Å². The van der Waals surface area contributed by atoms with Gasteiger partial charge in [-0.3, -0.25) is 9.59 Å². The molecule has 2 heterocycles. The molecule has 0 saturated carbocycles. The van der Waals surface area contributed by atoms with Crippen LogP contribution in [0.2, 0.25) is 0 Å². The topological polar surface area (TPSA) is 79.3 Å². The Balaban J connectivity index is 0.00000280. The molecule has 1 amide bonds. The summed E-state index contributed by atoms with van der Waals surface area (Å²) in [6.45, 7) is 10.3. The summed E-state index contributed by atoms with van der Waals surface area (Å²) in [5, 5.41) is 11.8. The molecule has 154 valence electrons. The first-order valence-corrected chi connectivity index (χ1v) is 9.77. The van der Waals surface area contributed by atoms with Gasteiger partial charge in [-0.05, 0) is 24.9 Å². The van der Waals surface area contributed by atoms with Crippen molar-refractivity contribution in [2.45, 2.75) is 26.8 Å². The molecule has 8 heteroatoms.